The third-order valence-electron chi connectivity index (χ3n) is 4.98. The summed E-state index contributed by atoms with van der Waals surface area (Å²) in [6.07, 6.45) is 1.86. The predicted molar refractivity (Wildman–Crippen MR) is 105 cm³/mol. The molecule has 0 spiro atoms. The van der Waals surface area contributed by atoms with Gasteiger partial charge < -0.3 is 19.7 Å². The Hall–Kier alpha value is -2.64. The van der Waals surface area contributed by atoms with Gasteiger partial charge in [-0.1, -0.05) is 18.2 Å². The Morgan fingerprint density at radius 3 is 2.85 bits per heavy atom. The molecule has 3 heterocycles. The zero-order chi connectivity index (χ0) is 18.6. The SMILES string of the molecule is COc1ccccc1-c1cnn2c(NCC[NH+]3CCOCC3)cc(C)nc12. The van der Waals surface area contributed by atoms with Crippen LogP contribution in [0.25, 0.3) is 16.8 Å². The summed E-state index contributed by atoms with van der Waals surface area (Å²) in [6.45, 7) is 7.82. The predicted octanol–water partition coefficient (Wildman–Crippen LogP) is 1.04. The molecule has 1 aromatic carbocycles. The van der Waals surface area contributed by atoms with E-state index in [1.54, 1.807) is 12.0 Å². The van der Waals surface area contributed by atoms with E-state index in [4.69, 9.17) is 14.5 Å². The van der Waals surface area contributed by atoms with Gasteiger partial charge in [0.15, 0.2) is 5.65 Å². The number of anilines is 1. The topological polar surface area (TPSA) is 65.1 Å². The molecule has 0 bridgehead atoms. The van der Waals surface area contributed by atoms with Gasteiger partial charge in [-0.05, 0) is 13.0 Å². The van der Waals surface area contributed by atoms with Crippen LogP contribution in [0.2, 0.25) is 0 Å². The smallest absolute Gasteiger partial charge is 0.165 e. The van der Waals surface area contributed by atoms with Crippen molar-refractivity contribution in [2.75, 3.05) is 51.8 Å². The Balaban J connectivity index is 1.60. The molecule has 0 aliphatic carbocycles. The second-order valence-corrected chi connectivity index (χ2v) is 6.82. The molecule has 1 aliphatic heterocycles. The molecule has 0 radical (unpaired) electrons. The van der Waals surface area contributed by atoms with Gasteiger partial charge in [0, 0.05) is 17.3 Å². The third-order valence-corrected chi connectivity index (χ3v) is 4.98. The molecule has 7 nitrogen and oxygen atoms in total. The van der Waals surface area contributed by atoms with Crippen LogP contribution in [0.4, 0.5) is 5.82 Å². The van der Waals surface area contributed by atoms with Crippen molar-refractivity contribution in [1.82, 2.24) is 14.6 Å². The highest BCUT2D eigenvalue weighted by molar-refractivity contribution is 5.82. The van der Waals surface area contributed by atoms with Crippen LogP contribution in [-0.2, 0) is 4.74 Å². The number of nitrogens with zero attached hydrogens (tertiary/aromatic N) is 3. The maximum atomic E-state index is 5.52. The van der Waals surface area contributed by atoms with Crippen LogP contribution in [0, 0.1) is 6.92 Å². The molecule has 2 aromatic heterocycles. The standard InChI is InChI=1S/C20H25N5O2/c1-15-13-19(21-7-8-24-9-11-27-12-10-24)25-20(23-15)17(14-22-25)16-5-3-4-6-18(16)26-2/h3-6,13-14,21H,7-12H2,1-2H3/p+1. The number of hydrogen-bond donors (Lipinski definition) is 2. The first-order valence-corrected chi connectivity index (χ1v) is 9.40. The van der Waals surface area contributed by atoms with Gasteiger partial charge >= 0.3 is 0 Å². The number of benzene rings is 1. The molecule has 7 heteroatoms. The Kier molecular flexibility index (Phi) is 5.22. The number of hydrogen-bond acceptors (Lipinski definition) is 5. The summed E-state index contributed by atoms with van der Waals surface area (Å²) in [5, 5.41) is 8.12. The fourth-order valence-corrected chi connectivity index (χ4v) is 3.54. The Labute approximate surface area is 158 Å². The lowest BCUT2D eigenvalue weighted by Crippen LogP contribution is -3.14. The zero-order valence-electron chi connectivity index (χ0n) is 15.9. The van der Waals surface area contributed by atoms with Gasteiger partial charge in [-0.25, -0.2) is 4.98 Å². The normalized spacial score (nSPS) is 15.2. The quantitative estimate of drug-likeness (QED) is 0.681. The third kappa shape index (κ3) is 3.74. The summed E-state index contributed by atoms with van der Waals surface area (Å²) in [5.41, 5.74) is 3.76. The molecule has 142 valence electrons. The Morgan fingerprint density at radius 1 is 1.22 bits per heavy atom. The van der Waals surface area contributed by atoms with Crippen molar-refractivity contribution in [2.24, 2.45) is 0 Å². The van der Waals surface area contributed by atoms with Crippen molar-refractivity contribution in [3.05, 3.63) is 42.2 Å². The van der Waals surface area contributed by atoms with Gasteiger partial charge in [-0.15, -0.1) is 0 Å². The molecule has 27 heavy (non-hydrogen) atoms. The lowest BCUT2D eigenvalue weighted by molar-refractivity contribution is -0.906. The van der Waals surface area contributed by atoms with Crippen LogP contribution in [0.5, 0.6) is 5.75 Å². The number of ether oxygens (including phenoxy) is 2. The van der Waals surface area contributed by atoms with Crippen LogP contribution in [-0.4, -0.2) is 61.1 Å². The van der Waals surface area contributed by atoms with Crippen LogP contribution >= 0.6 is 0 Å². The van der Waals surface area contributed by atoms with Crippen LogP contribution in [0.1, 0.15) is 5.69 Å². The second-order valence-electron chi connectivity index (χ2n) is 6.82. The average Bonchev–Trinajstić information content (AvgIpc) is 3.12. The van der Waals surface area contributed by atoms with Gasteiger partial charge in [0.1, 0.15) is 24.7 Å². The molecular formula is C20H26N5O2+. The van der Waals surface area contributed by atoms with Crippen molar-refractivity contribution in [2.45, 2.75) is 6.92 Å². The molecule has 0 unspecified atom stereocenters. The van der Waals surface area contributed by atoms with E-state index in [0.29, 0.717) is 0 Å². The Bertz CT molecular complexity index is 918. The van der Waals surface area contributed by atoms with E-state index in [9.17, 15) is 0 Å². The fraction of sp³-hybridized carbons (Fsp3) is 0.400. The van der Waals surface area contributed by atoms with Gasteiger partial charge in [0.25, 0.3) is 0 Å². The summed E-state index contributed by atoms with van der Waals surface area (Å²) < 4.78 is 12.8. The maximum absolute atomic E-state index is 5.52. The lowest BCUT2D eigenvalue weighted by Gasteiger charge is -2.23. The summed E-state index contributed by atoms with van der Waals surface area (Å²) in [4.78, 5) is 6.30. The molecule has 1 aliphatic rings. The minimum Gasteiger partial charge on any atom is -0.496 e. The van der Waals surface area contributed by atoms with Crippen molar-refractivity contribution in [1.29, 1.82) is 0 Å². The van der Waals surface area contributed by atoms with Crippen LogP contribution in [0.15, 0.2) is 36.5 Å². The largest absolute Gasteiger partial charge is 0.496 e. The average molecular weight is 368 g/mol. The first-order valence-electron chi connectivity index (χ1n) is 9.40. The van der Waals surface area contributed by atoms with Gasteiger partial charge in [0.2, 0.25) is 0 Å². The second kappa shape index (κ2) is 7.94. The van der Waals surface area contributed by atoms with Gasteiger partial charge in [-0.2, -0.15) is 9.61 Å². The van der Waals surface area contributed by atoms with Crippen molar-refractivity contribution in [3.8, 4) is 16.9 Å². The number of para-hydroxylation sites is 1. The van der Waals surface area contributed by atoms with Crippen molar-refractivity contribution >= 4 is 11.5 Å². The number of methoxy groups -OCH3 is 1. The molecule has 1 saturated heterocycles. The van der Waals surface area contributed by atoms with E-state index in [1.165, 1.54) is 0 Å². The first-order chi connectivity index (χ1) is 13.3. The minimum atomic E-state index is 0.820. The summed E-state index contributed by atoms with van der Waals surface area (Å²) in [6, 6.07) is 10.0. The molecular weight excluding hydrogens is 342 g/mol. The molecule has 0 atom stereocenters. The van der Waals surface area contributed by atoms with Crippen molar-refractivity contribution < 1.29 is 14.4 Å². The van der Waals surface area contributed by atoms with E-state index in [1.807, 2.05) is 48.0 Å². The van der Waals surface area contributed by atoms with Crippen molar-refractivity contribution in [3.63, 3.8) is 0 Å². The number of fused-ring (bicyclic) bond motifs is 1. The summed E-state index contributed by atoms with van der Waals surface area (Å²) in [7, 11) is 1.68. The monoisotopic (exact) mass is 368 g/mol. The first kappa shape index (κ1) is 17.8. The molecule has 0 amide bonds. The highest BCUT2D eigenvalue weighted by atomic mass is 16.5. The summed E-state index contributed by atoms with van der Waals surface area (Å²) >= 11 is 0. The maximum Gasteiger partial charge on any atom is 0.165 e. The highest BCUT2D eigenvalue weighted by Gasteiger charge is 2.16. The van der Waals surface area contributed by atoms with E-state index >= 15 is 0 Å². The number of aryl methyl sites for hydroxylation is 1. The Morgan fingerprint density at radius 2 is 2.04 bits per heavy atom. The minimum absolute atomic E-state index is 0.820. The fourth-order valence-electron chi connectivity index (χ4n) is 3.54. The molecule has 2 N–H and O–H groups in total. The van der Waals surface area contributed by atoms with Gasteiger partial charge in [0.05, 0.1) is 45.2 Å². The molecule has 0 saturated carbocycles. The summed E-state index contributed by atoms with van der Waals surface area (Å²) in [5.74, 6) is 1.78. The van der Waals surface area contributed by atoms with Crippen LogP contribution in [0.3, 0.4) is 0 Å². The molecule has 4 rings (SSSR count). The zero-order valence-corrected chi connectivity index (χ0v) is 15.9. The van der Waals surface area contributed by atoms with E-state index < -0.39 is 0 Å². The lowest BCUT2D eigenvalue weighted by atomic mass is 10.1. The number of aromatic nitrogens is 3. The number of nitrogens with one attached hydrogen (secondary N) is 2. The molecule has 3 aromatic rings. The number of rotatable bonds is 6. The number of quaternary nitrogens is 1. The highest BCUT2D eigenvalue weighted by Crippen LogP contribution is 2.32. The molecule has 1 fully saturated rings. The van der Waals surface area contributed by atoms with E-state index in [0.717, 1.165) is 73.4 Å². The van der Waals surface area contributed by atoms with E-state index in [2.05, 4.69) is 10.4 Å². The van der Waals surface area contributed by atoms with E-state index in [-0.39, 0.29) is 0 Å². The van der Waals surface area contributed by atoms with Gasteiger partial charge in [-0.3, -0.25) is 0 Å². The number of morpholine rings is 1. The van der Waals surface area contributed by atoms with Crippen LogP contribution < -0.4 is 15.0 Å².